The summed E-state index contributed by atoms with van der Waals surface area (Å²) < 4.78 is 5.51. The topological polar surface area (TPSA) is 46.6 Å². The van der Waals surface area contributed by atoms with Crippen molar-refractivity contribution >= 4 is 11.9 Å². The molecule has 2 rings (SSSR count). The Labute approximate surface area is 133 Å². The van der Waals surface area contributed by atoms with Crippen LogP contribution in [0.3, 0.4) is 0 Å². The largest absolute Gasteiger partial charge is 0.444 e. The van der Waals surface area contributed by atoms with Crippen LogP contribution in [0.4, 0.5) is 4.79 Å². The molecule has 2 saturated heterocycles. The lowest BCUT2D eigenvalue weighted by atomic mass is 9.86. The fraction of sp³-hybridized carbons (Fsp3) is 0.778. The summed E-state index contributed by atoms with van der Waals surface area (Å²) in [4.78, 5) is 26.5. The van der Waals surface area contributed by atoms with E-state index in [4.69, 9.17) is 4.74 Å². The zero-order chi connectivity index (χ0) is 16.3. The van der Waals surface area contributed by atoms with E-state index in [1.807, 2.05) is 32.6 Å². The van der Waals surface area contributed by atoms with Gasteiger partial charge in [-0.3, -0.25) is 4.79 Å². The number of ether oxygens (including phenoxy) is 1. The lowest BCUT2D eigenvalue weighted by molar-refractivity contribution is -0.124. The van der Waals surface area contributed by atoms with Gasteiger partial charge < -0.3 is 9.64 Å². The predicted molar refractivity (Wildman–Crippen MR) is 85.3 cm³/mol. The smallest absolute Gasteiger partial charge is 0.410 e. The number of carbonyl (C=O) groups is 2. The van der Waals surface area contributed by atoms with E-state index in [0.717, 1.165) is 32.1 Å². The van der Waals surface area contributed by atoms with E-state index in [1.54, 1.807) is 0 Å². The third kappa shape index (κ3) is 4.03. The molecule has 2 aliphatic rings. The predicted octanol–water partition coefficient (Wildman–Crippen LogP) is 3.54. The molecule has 4 heteroatoms. The van der Waals surface area contributed by atoms with Gasteiger partial charge in [0.25, 0.3) is 0 Å². The molecular weight excluding hydrogens is 278 g/mol. The lowest BCUT2D eigenvalue weighted by Gasteiger charge is -2.38. The zero-order valence-corrected chi connectivity index (χ0v) is 14.1. The van der Waals surface area contributed by atoms with Gasteiger partial charge in [0.2, 0.25) is 0 Å². The Morgan fingerprint density at radius 1 is 1.14 bits per heavy atom. The first-order valence-electron chi connectivity index (χ1n) is 8.31. The second-order valence-corrected chi connectivity index (χ2v) is 7.29. The summed E-state index contributed by atoms with van der Waals surface area (Å²) in [6.07, 6.45) is 4.41. The van der Waals surface area contributed by atoms with Crippen LogP contribution in [0, 0.1) is 17.8 Å². The summed E-state index contributed by atoms with van der Waals surface area (Å²) in [6, 6.07) is 0.309. The van der Waals surface area contributed by atoms with Crippen molar-refractivity contribution in [2.45, 2.75) is 83.9 Å². The minimum Gasteiger partial charge on any atom is -0.444 e. The number of fused-ring (bicyclic) bond motifs is 2. The van der Waals surface area contributed by atoms with Crippen LogP contribution in [0.1, 0.15) is 66.2 Å². The quantitative estimate of drug-likeness (QED) is 0.733. The Bertz CT molecular complexity index is 481. The minimum atomic E-state index is -0.473. The van der Waals surface area contributed by atoms with Gasteiger partial charge in [-0.1, -0.05) is 12.8 Å². The molecule has 0 aromatic heterocycles. The molecule has 0 aromatic carbocycles. The fourth-order valence-corrected chi connectivity index (χ4v) is 3.47. The van der Waals surface area contributed by atoms with Crippen LogP contribution in [-0.4, -0.2) is 34.5 Å². The van der Waals surface area contributed by atoms with E-state index < -0.39 is 5.60 Å². The van der Waals surface area contributed by atoms with Gasteiger partial charge in [-0.25, -0.2) is 4.79 Å². The molecule has 0 N–H and O–H groups in total. The Hall–Kier alpha value is -1.50. The zero-order valence-electron chi connectivity index (χ0n) is 14.1. The van der Waals surface area contributed by atoms with Crippen molar-refractivity contribution in [1.29, 1.82) is 0 Å². The first-order valence-corrected chi connectivity index (χ1v) is 8.31. The highest BCUT2D eigenvalue weighted by Gasteiger charge is 2.46. The van der Waals surface area contributed by atoms with Crippen molar-refractivity contribution in [3.8, 4) is 11.8 Å². The van der Waals surface area contributed by atoms with Gasteiger partial charge in [0.1, 0.15) is 11.4 Å². The van der Waals surface area contributed by atoms with Gasteiger partial charge in [-0.15, -0.1) is 5.92 Å². The molecule has 0 aromatic rings. The normalized spacial score (nSPS) is 27.1. The molecule has 2 heterocycles. The molecule has 2 unspecified atom stereocenters. The van der Waals surface area contributed by atoms with E-state index in [2.05, 4.69) is 11.8 Å². The van der Waals surface area contributed by atoms with Gasteiger partial charge >= 0.3 is 6.09 Å². The van der Waals surface area contributed by atoms with Crippen LogP contribution >= 0.6 is 0 Å². The summed E-state index contributed by atoms with van der Waals surface area (Å²) in [5, 5.41) is 0. The number of ketones is 1. The van der Waals surface area contributed by atoms with Crippen LogP contribution < -0.4 is 0 Å². The number of rotatable bonds is 2. The third-order valence-corrected chi connectivity index (χ3v) is 4.36. The summed E-state index contributed by atoms with van der Waals surface area (Å²) in [7, 11) is 0. The van der Waals surface area contributed by atoms with Crippen molar-refractivity contribution in [3.63, 3.8) is 0 Å². The van der Waals surface area contributed by atoms with Crippen molar-refractivity contribution in [1.82, 2.24) is 4.90 Å². The summed E-state index contributed by atoms with van der Waals surface area (Å²) in [5.41, 5.74) is -0.473. The molecule has 0 spiro atoms. The number of nitrogens with zero attached hydrogens (tertiary/aromatic N) is 1. The van der Waals surface area contributed by atoms with E-state index in [-0.39, 0.29) is 29.9 Å². The lowest BCUT2D eigenvalue weighted by Crippen LogP contribution is -2.49. The number of hydrogen-bond donors (Lipinski definition) is 0. The Balaban J connectivity index is 1.97. The molecule has 122 valence electrons. The van der Waals surface area contributed by atoms with E-state index in [1.165, 1.54) is 0 Å². The van der Waals surface area contributed by atoms with Crippen LogP contribution in [-0.2, 0) is 9.53 Å². The Kier molecular flexibility index (Phi) is 5.16. The second kappa shape index (κ2) is 6.73. The molecule has 0 radical (unpaired) electrons. The number of amides is 1. The molecular formula is C18H27NO3. The highest BCUT2D eigenvalue weighted by Crippen LogP contribution is 2.40. The first kappa shape index (κ1) is 16.9. The van der Waals surface area contributed by atoms with Crippen molar-refractivity contribution in [2.24, 2.45) is 5.92 Å². The number of hydrogen-bond acceptors (Lipinski definition) is 3. The van der Waals surface area contributed by atoms with E-state index >= 15 is 0 Å². The summed E-state index contributed by atoms with van der Waals surface area (Å²) >= 11 is 0. The molecule has 22 heavy (non-hydrogen) atoms. The Morgan fingerprint density at radius 3 is 2.23 bits per heavy atom. The van der Waals surface area contributed by atoms with Crippen LogP contribution in [0.5, 0.6) is 0 Å². The van der Waals surface area contributed by atoms with Gasteiger partial charge in [0, 0.05) is 24.4 Å². The molecule has 2 atom stereocenters. The maximum Gasteiger partial charge on any atom is 0.410 e. The van der Waals surface area contributed by atoms with E-state index in [9.17, 15) is 9.59 Å². The Morgan fingerprint density at radius 2 is 1.73 bits per heavy atom. The fourth-order valence-electron chi connectivity index (χ4n) is 3.47. The van der Waals surface area contributed by atoms with Crippen molar-refractivity contribution < 1.29 is 14.3 Å². The second-order valence-electron chi connectivity index (χ2n) is 7.29. The van der Waals surface area contributed by atoms with Crippen molar-refractivity contribution in [2.75, 3.05) is 0 Å². The number of carbonyl (C=O) groups excluding carboxylic acids is 2. The van der Waals surface area contributed by atoms with Crippen molar-refractivity contribution in [3.05, 3.63) is 0 Å². The molecule has 0 saturated carbocycles. The molecule has 2 bridgehead atoms. The minimum absolute atomic E-state index is 0.0577. The molecule has 1 amide bonds. The average Bonchev–Trinajstić information content (AvgIpc) is 2.68. The van der Waals surface area contributed by atoms with Gasteiger partial charge in [-0.2, -0.15) is 0 Å². The highest BCUT2D eigenvalue weighted by molar-refractivity contribution is 5.84. The van der Waals surface area contributed by atoms with Gasteiger partial charge in [-0.05, 0) is 46.5 Å². The van der Waals surface area contributed by atoms with Gasteiger partial charge in [0.15, 0.2) is 0 Å². The highest BCUT2D eigenvalue weighted by atomic mass is 16.6. The van der Waals surface area contributed by atoms with E-state index in [0.29, 0.717) is 6.42 Å². The molecule has 4 nitrogen and oxygen atoms in total. The van der Waals surface area contributed by atoms with Gasteiger partial charge in [0.05, 0.1) is 6.42 Å². The van der Waals surface area contributed by atoms with Crippen LogP contribution in [0.15, 0.2) is 0 Å². The number of Topliss-reactive ketones (excluding diaryl/α,β-unsaturated/α-hetero) is 1. The maximum absolute atomic E-state index is 12.4. The molecule has 2 fully saturated rings. The summed E-state index contributed by atoms with van der Waals surface area (Å²) in [5.74, 6) is 6.19. The number of piperidine rings is 1. The molecule has 2 aliphatic heterocycles. The first-order chi connectivity index (χ1) is 10.3. The standard InChI is InChI=1S/C18H27NO3/c1-5-6-7-8-16(20)13-11-14-9-10-15(12-13)19(14)17(21)22-18(2,3)4/h13-15H,5,8-12H2,1-4H3. The maximum atomic E-state index is 12.4. The monoisotopic (exact) mass is 305 g/mol. The van der Waals surface area contributed by atoms with Crippen LogP contribution in [0.25, 0.3) is 0 Å². The molecule has 0 aliphatic carbocycles. The summed E-state index contributed by atoms with van der Waals surface area (Å²) in [6.45, 7) is 7.64. The average molecular weight is 305 g/mol. The SMILES string of the molecule is CCC#CCC(=O)C1CC2CCC(C1)N2C(=O)OC(C)(C)C. The van der Waals surface area contributed by atoms with Crippen LogP contribution in [0.2, 0.25) is 0 Å². The third-order valence-electron chi connectivity index (χ3n) is 4.36.